The third-order valence-corrected chi connectivity index (χ3v) is 8.43. The van der Waals surface area contributed by atoms with Crippen molar-refractivity contribution in [2.75, 3.05) is 18.6 Å². The van der Waals surface area contributed by atoms with Crippen molar-refractivity contribution >= 4 is 31.2 Å². The second kappa shape index (κ2) is 5.13. The van der Waals surface area contributed by atoms with Crippen molar-refractivity contribution in [1.29, 1.82) is 0 Å². The van der Waals surface area contributed by atoms with Gasteiger partial charge >= 0.3 is 0 Å². The van der Waals surface area contributed by atoms with Gasteiger partial charge in [0.15, 0.2) is 9.84 Å². The van der Waals surface area contributed by atoms with Gasteiger partial charge < -0.3 is 5.73 Å². The number of rotatable bonds is 4. The monoisotopic (exact) mass is 324 g/mol. The van der Waals surface area contributed by atoms with Crippen LogP contribution in [0.3, 0.4) is 0 Å². The van der Waals surface area contributed by atoms with Crippen molar-refractivity contribution in [2.45, 2.75) is 23.2 Å². The van der Waals surface area contributed by atoms with Crippen molar-refractivity contribution in [1.82, 2.24) is 4.31 Å². The first-order chi connectivity index (χ1) is 8.76. The Hall–Kier alpha value is -0.480. The molecule has 6 nitrogen and oxygen atoms in total. The highest BCUT2D eigenvalue weighted by molar-refractivity contribution is 7.92. The molecule has 1 aromatic heterocycles. The van der Waals surface area contributed by atoms with E-state index in [9.17, 15) is 16.8 Å². The maximum atomic E-state index is 12.4. The Labute approximate surface area is 117 Å². The van der Waals surface area contributed by atoms with E-state index in [0.717, 1.165) is 16.2 Å². The van der Waals surface area contributed by atoms with Gasteiger partial charge in [-0.2, -0.15) is 4.31 Å². The number of hydrogen-bond acceptors (Lipinski definition) is 6. The summed E-state index contributed by atoms with van der Waals surface area (Å²) in [6.07, 6.45) is 0.354. The Balaban J connectivity index is 2.25. The molecule has 0 saturated carbocycles. The van der Waals surface area contributed by atoms with Gasteiger partial charge in [0.2, 0.25) is 0 Å². The fourth-order valence-corrected chi connectivity index (χ4v) is 6.68. The molecular formula is C10H16N2O4S3. The van der Waals surface area contributed by atoms with E-state index < -0.39 is 25.9 Å². The van der Waals surface area contributed by atoms with Gasteiger partial charge in [-0.25, -0.2) is 16.8 Å². The van der Waals surface area contributed by atoms with Crippen LogP contribution < -0.4 is 5.73 Å². The summed E-state index contributed by atoms with van der Waals surface area (Å²) >= 11 is 1.12. The molecule has 2 heterocycles. The van der Waals surface area contributed by atoms with E-state index in [2.05, 4.69) is 0 Å². The molecule has 19 heavy (non-hydrogen) atoms. The van der Waals surface area contributed by atoms with Crippen LogP contribution in [-0.2, 0) is 26.4 Å². The van der Waals surface area contributed by atoms with Gasteiger partial charge in [-0.15, -0.1) is 11.3 Å². The van der Waals surface area contributed by atoms with Crippen molar-refractivity contribution in [3.8, 4) is 0 Å². The van der Waals surface area contributed by atoms with Crippen LogP contribution in [0.4, 0.5) is 0 Å². The Morgan fingerprint density at radius 3 is 2.63 bits per heavy atom. The largest absolute Gasteiger partial charge is 0.326 e. The first kappa shape index (κ1) is 14.9. The molecule has 2 rings (SSSR count). The number of nitrogens with two attached hydrogens (primary N) is 1. The zero-order valence-electron chi connectivity index (χ0n) is 10.4. The van der Waals surface area contributed by atoms with E-state index in [-0.39, 0.29) is 15.7 Å². The molecule has 0 aromatic carbocycles. The second-order valence-electron chi connectivity index (χ2n) is 4.50. The molecule has 108 valence electrons. The zero-order valence-corrected chi connectivity index (χ0v) is 12.9. The normalized spacial score (nSPS) is 23.0. The summed E-state index contributed by atoms with van der Waals surface area (Å²) < 4.78 is 48.9. The van der Waals surface area contributed by atoms with Crippen LogP contribution >= 0.6 is 11.3 Å². The van der Waals surface area contributed by atoms with Crippen LogP contribution in [0.5, 0.6) is 0 Å². The highest BCUT2D eigenvalue weighted by Crippen LogP contribution is 2.27. The molecular weight excluding hydrogens is 308 g/mol. The van der Waals surface area contributed by atoms with Crippen molar-refractivity contribution in [3.05, 3.63) is 17.0 Å². The predicted molar refractivity (Wildman–Crippen MR) is 74.2 cm³/mol. The standard InChI is InChI=1S/C10H16N2O4S3/c1-12(8-4-5-18(13,14)7-8)19(15,16)10-3-2-9(6-11)17-10/h2-3,8H,4-7,11H2,1H3. The number of sulfonamides is 1. The number of hydrogen-bond donors (Lipinski definition) is 1. The minimum atomic E-state index is -3.63. The van der Waals surface area contributed by atoms with Crippen LogP contribution in [0.2, 0.25) is 0 Å². The van der Waals surface area contributed by atoms with E-state index in [0.29, 0.717) is 13.0 Å². The Morgan fingerprint density at radius 2 is 2.16 bits per heavy atom. The molecule has 2 N–H and O–H groups in total. The average molecular weight is 324 g/mol. The number of sulfone groups is 1. The van der Waals surface area contributed by atoms with Crippen LogP contribution in [0.15, 0.2) is 16.3 Å². The van der Waals surface area contributed by atoms with E-state index >= 15 is 0 Å². The van der Waals surface area contributed by atoms with Crippen LogP contribution in [-0.4, -0.2) is 45.7 Å². The van der Waals surface area contributed by atoms with Gasteiger partial charge in [-0.3, -0.25) is 0 Å². The van der Waals surface area contributed by atoms with Crippen molar-refractivity contribution in [3.63, 3.8) is 0 Å². The molecule has 1 fully saturated rings. The summed E-state index contributed by atoms with van der Waals surface area (Å²) in [6.45, 7) is 0.293. The molecule has 1 unspecified atom stereocenters. The lowest BCUT2D eigenvalue weighted by Gasteiger charge is -2.21. The minimum Gasteiger partial charge on any atom is -0.326 e. The van der Waals surface area contributed by atoms with Gasteiger partial charge in [0.05, 0.1) is 11.5 Å². The summed E-state index contributed by atoms with van der Waals surface area (Å²) in [5.74, 6) is -0.0477. The Bertz CT molecular complexity index is 663. The topological polar surface area (TPSA) is 97.5 Å². The number of thiophene rings is 1. The molecule has 1 atom stereocenters. The molecule has 0 spiro atoms. The van der Waals surface area contributed by atoms with Gasteiger partial charge in [-0.05, 0) is 18.6 Å². The molecule has 9 heteroatoms. The number of nitrogens with zero attached hydrogens (tertiary/aromatic N) is 1. The lowest BCUT2D eigenvalue weighted by Crippen LogP contribution is -2.37. The van der Waals surface area contributed by atoms with Gasteiger partial charge in [0.1, 0.15) is 4.21 Å². The van der Waals surface area contributed by atoms with Gasteiger partial charge in [0, 0.05) is 24.5 Å². The molecule has 0 radical (unpaired) electrons. The Kier molecular flexibility index (Phi) is 4.03. The Morgan fingerprint density at radius 1 is 1.47 bits per heavy atom. The SMILES string of the molecule is CN(C1CCS(=O)(=O)C1)S(=O)(=O)c1ccc(CN)s1. The first-order valence-electron chi connectivity index (χ1n) is 5.73. The van der Waals surface area contributed by atoms with Crippen molar-refractivity contribution < 1.29 is 16.8 Å². The van der Waals surface area contributed by atoms with E-state index in [1.54, 1.807) is 6.07 Å². The molecule has 0 bridgehead atoms. The van der Waals surface area contributed by atoms with Crippen molar-refractivity contribution in [2.24, 2.45) is 5.73 Å². The molecule has 0 amide bonds. The lowest BCUT2D eigenvalue weighted by atomic mass is 10.3. The molecule has 1 aliphatic heterocycles. The van der Waals surface area contributed by atoms with Gasteiger partial charge in [-0.1, -0.05) is 0 Å². The highest BCUT2D eigenvalue weighted by atomic mass is 32.2. The fraction of sp³-hybridized carbons (Fsp3) is 0.600. The van der Waals surface area contributed by atoms with Crippen LogP contribution in [0, 0.1) is 0 Å². The fourth-order valence-electron chi connectivity index (χ4n) is 2.01. The summed E-state index contributed by atoms with van der Waals surface area (Å²) in [7, 11) is -5.30. The van der Waals surface area contributed by atoms with Gasteiger partial charge in [0.25, 0.3) is 10.0 Å². The zero-order chi connectivity index (χ0) is 14.3. The van der Waals surface area contributed by atoms with Crippen LogP contribution in [0.1, 0.15) is 11.3 Å². The maximum Gasteiger partial charge on any atom is 0.252 e. The average Bonchev–Trinajstić information content (AvgIpc) is 2.94. The summed E-state index contributed by atoms with van der Waals surface area (Å²) in [4.78, 5) is 0.783. The minimum absolute atomic E-state index is 0.0516. The smallest absolute Gasteiger partial charge is 0.252 e. The van der Waals surface area contributed by atoms with Crippen LogP contribution in [0.25, 0.3) is 0 Å². The molecule has 1 aliphatic rings. The van der Waals surface area contributed by atoms with E-state index in [4.69, 9.17) is 5.73 Å². The van der Waals surface area contributed by atoms with E-state index in [1.807, 2.05) is 0 Å². The maximum absolute atomic E-state index is 12.4. The highest BCUT2D eigenvalue weighted by Gasteiger charge is 2.36. The molecule has 1 aromatic rings. The first-order valence-corrected chi connectivity index (χ1v) is 9.81. The second-order valence-corrected chi connectivity index (χ2v) is 10.1. The third kappa shape index (κ3) is 3.00. The summed E-state index contributed by atoms with van der Waals surface area (Å²) in [5, 5.41) is 0. The molecule has 1 saturated heterocycles. The third-order valence-electron chi connectivity index (χ3n) is 3.19. The summed E-state index contributed by atoms with van der Waals surface area (Å²) in [5.41, 5.74) is 5.46. The quantitative estimate of drug-likeness (QED) is 0.841. The summed E-state index contributed by atoms with van der Waals surface area (Å²) in [6, 6.07) is 2.72. The lowest BCUT2D eigenvalue weighted by molar-refractivity contribution is 0.395. The predicted octanol–water partition coefficient (Wildman–Crippen LogP) is 0.0144. The van der Waals surface area contributed by atoms with E-state index in [1.165, 1.54) is 17.4 Å². The molecule has 0 aliphatic carbocycles.